The minimum absolute atomic E-state index is 0.143. The van der Waals surface area contributed by atoms with E-state index in [0.29, 0.717) is 5.92 Å². The van der Waals surface area contributed by atoms with Gasteiger partial charge in [0.05, 0.1) is 12.1 Å². The van der Waals surface area contributed by atoms with E-state index in [2.05, 4.69) is 17.1 Å². The van der Waals surface area contributed by atoms with Gasteiger partial charge < -0.3 is 31.1 Å². The average Bonchev–Trinajstić information content (AvgIpc) is 2.99. The molecule has 2 rings (SSSR count). The number of aliphatic hydroxyl groups is 3. The first kappa shape index (κ1) is 22.9. The van der Waals surface area contributed by atoms with E-state index in [4.69, 9.17) is 10.5 Å². The summed E-state index contributed by atoms with van der Waals surface area (Å²) < 4.78 is 5.80. The second-order valence-electron chi connectivity index (χ2n) is 7.92. The third-order valence-electron chi connectivity index (χ3n) is 5.70. The van der Waals surface area contributed by atoms with Crippen LogP contribution in [-0.4, -0.2) is 94.0 Å². The molecule has 0 aliphatic carbocycles. The van der Waals surface area contributed by atoms with Crippen LogP contribution in [0.4, 0.5) is 0 Å². The number of ether oxygens (including phenoxy) is 1. The first-order chi connectivity index (χ1) is 12.7. The third kappa shape index (κ3) is 5.14. The molecule has 2 saturated heterocycles. The first-order valence-electron chi connectivity index (χ1n) is 9.69. The van der Waals surface area contributed by atoms with Crippen molar-refractivity contribution in [3.05, 3.63) is 0 Å². The zero-order valence-corrected chi connectivity index (χ0v) is 17.4. The summed E-state index contributed by atoms with van der Waals surface area (Å²) in [5, 5.41) is 33.6. The summed E-state index contributed by atoms with van der Waals surface area (Å²) in [6.07, 6.45) is -0.0747. The van der Waals surface area contributed by atoms with E-state index >= 15 is 0 Å². The number of rotatable bonds is 7. The van der Waals surface area contributed by atoms with Crippen LogP contribution in [0.2, 0.25) is 0 Å². The number of hydrogen-bond donors (Lipinski definition) is 5. The highest BCUT2D eigenvalue weighted by molar-refractivity contribution is 7.99. The lowest BCUT2D eigenvalue weighted by Gasteiger charge is -2.44. The van der Waals surface area contributed by atoms with Crippen LogP contribution in [0.25, 0.3) is 0 Å². The number of thioether (sulfide) groups is 1. The van der Waals surface area contributed by atoms with Crippen molar-refractivity contribution in [3.63, 3.8) is 0 Å². The molecule has 0 bridgehead atoms. The highest BCUT2D eigenvalue weighted by Crippen LogP contribution is 2.30. The maximum atomic E-state index is 12.9. The van der Waals surface area contributed by atoms with E-state index in [9.17, 15) is 20.1 Å². The molecule has 0 saturated carbocycles. The van der Waals surface area contributed by atoms with Gasteiger partial charge in [0.25, 0.3) is 0 Å². The Morgan fingerprint density at radius 2 is 2.00 bits per heavy atom. The second kappa shape index (κ2) is 9.87. The van der Waals surface area contributed by atoms with Crippen molar-refractivity contribution in [2.75, 3.05) is 19.8 Å². The number of aliphatic hydroxyl groups excluding tert-OH is 3. The van der Waals surface area contributed by atoms with Crippen LogP contribution < -0.4 is 11.1 Å². The van der Waals surface area contributed by atoms with E-state index in [1.807, 2.05) is 7.05 Å². The quantitative estimate of drug-likeness (QED) is 0.369. The molecular weight excluding hydrogens is 370 g/mol. The fraction of sp³-hybridized carbons (Fsp3) is 0.944. The molecular formula is C18H35N3O5S. The Balaban J connectivity index is 2.09. The Labute approximate surface area is 165 Å². The number of nitrogens with zero attached hydrogens (tertiary/aromatic N) is 1. The SMILES string of the molecule is CCC[C@@H]1C[C@@H](C(=O)N[C@H]([C@H](C)N)[C@H]2OC(SC)[C@H](O)C(O)C2O)N(C)C1. The van der Waals surface area contributed by atoms with Crippen molar-refractivity contribution in [3.8, 4) is 0 Å². The zero-order valence-electron chi connectivity index (χ0n) is 16.6. The maximum absolute atomic E-state index is 12.9. The molecule has 9 atom stereocenters. The molecule has 1 amide bonds. The standard InChI is InChI=1S/C18H35N3O5S/c1-5-6-10-7-11(21(3)8-10)17(25)20-12(9(2)19)16-14(23)13(22)15(24)18(26-16)27-4/h9-16,18,22-24H,5-8,19H2,1-4H3,(H,20,25)/t9-,10+,11-,12+,13?,14?,15+,16+,18?/m0/s1. The van der Waals surface area contributed by atoms with Gasteiger partial charge in [-0.2, -0.15) is 0 Å². The Kier molecular flexibility index (Phi) is 8.35. The Morgan fingerprint density at radius 1 is 1.33 bits per heavy atom. The van der Waals surface area contributed by atoms with Gasteiger partial charge in [0.1, 0.15) is 29.9 Å². The number of carbonyl (C=O) groups excluding carboxylic acids is 1. The summed E-state index contributed by atoms with van der Waals surface area (Å²) in [5.74, 6) is 0.356. The second-order valence-corrected chi connectivity index (χ2v) is 8.85. The van der Waals surface area contributed by atoms with Crippen LogP contribution in [0.15, 0.2) is 0 Å². The molecule has 2 aliphatic rings. The lowest BCUT2D eigenvalue weighted by atomic mass is 9.91. The molecule has 0 spiro atoms. The molecule has 9 heteroatoms. The van der Waals surface area contributed by atoms with Gasteiger partial charge in [-0.1, -0.05) is 13.3 Å². The van der Waals surface area contributed by atoms with E-state index in [0.717, 1.165) is 25.8 Å². The summed E-state index contributed by atoms with van der Waals surface area (Å²) in [6.45, 7) is 4.75. The van der Waals surface area contributed by atoms with E-state index < -0.39 is 41.9 Å². The van der Waals surface area contributed by atoms with Crippen LogP contribution in [0.3, 0.4) is 0 Å². The molecule has 3 unspecified atom stereocenters. The molecule has 0 aromatic rings. The van der Waals surface area contributed by atoms with Gasteiger partial charge in [-0.25, -0.2) is 0 Å². The molecule has 0 aromatic carbocycles. The molecule has 158 valence electrons. The van der Waals surface area contributed by atoms with Crippen molar-refractivity contribution in [2.45, 2.75) is 81.1 Å². The van der Waals surface area contributed by atoms with E-state index in [-0.39, 0.29) is 11.9 Å². The van der Waals surface area contributed by atoms with Gasteiger partial charge in [0, 0.05) is 12.6 Å². The highest BCUT2D eigenvalue weighted by Gasteiger charge is 2.48. The minimum Gasteiger partial charge on any atom is -0.388 e. The van der Waals surface area contributed by atoms with Gasteiger partial charge >= 0.3 is 0 Å². The topological polar surface area (TPSA) is 128 Å². The monoisotopic (exact) mass is 405 g/mol. The fourth-order valence-corrected chi connectivity index (χ4v) is 4.85. The Bertz CT molecular complexity index is 496. The van der Waals surface area contributed by atoms with Crippen molar-refractivity contribution < 1.29 is 24.9 Å². The summed E-state index contributed by atoms with van der Waals surface area (Å²) in [5.41, 5.74) is 5.38. The lowest BCUT2D eigenvalue weighted by molar-refractivity contribution is -0.206. The Hall–Kier alpha value is -0.420. The van der Waals surface area contributed by atoms with Crippen molar-refractivity contribution in [1.29, 1.82) is 0 Å². The summed E-state index contributed by atoms with van der Waals surface area (Å²) >= 11 is 1.24. The average molecular weight is 406 g/mol. The van der Waals surface area contributed by atoms with Crippen LogP contribution in [-0.2, 0) is 9.53 Å². The van der Waals surface area contributed by atoms with Crippen molar-refractivity contribution in [1.82, 2.24) is 10.2 Å². The van der Waals surface area contributed by atoms with Crippen LogP contribution in [0, 0.1) is 5.92 Å². The molecule has 2 aliphatic heterocycles. The van der Waals surface area contributed by atoms with Crippen LogP contribution in [0.1, 0.15) is 33.1 Å². The molecule has 0 aromatic heterocycles. The summed E-state index contributed by atoms with van der Waals surface area (Å²) in [4.78, 5) is 15.0. The van der Waals surface area contributed by atoms with Gasteiger partial charge in [-0.15, -0.1) is 11.8 Å². The number of hydrogen-bond acceptors (Lipinski definition) is 8. The number of amides is 1. The lowest BCUT2D eigenvalue weighted by Crippen LogP contribution is -2.66. The molecule has 27 heavy (non-hydrogen) atoms. The number of likely N-dealkylation sites (N-methyl/N-ethyl adjacent to an activating group) is 1. The smallest absolute Gasteiger partial charge is 0.237 e. The molecule has 6 N–H and O–H groups in total. The summed E-state index contributed by atoms with van der Waals surface area (Å²) in [6, 6.07) is -1.42. The maximum Gasteiger partial charge on any atom is 0.237 e. The van der Waals surface area contributed by atoms with Gasteiger partial charge in [0.15, 0.2) is 0 Å². The number of nitrogens with two attached hydrogens (primary N) is 1. The summed E-state index contributed by atoms with van der Waals surface area (Å²) in [7, 11) is 1.94. The zero-order chi connectivity index (χ0) is 20.3. The first-order valence-corrected chi connectivity index (χ1v) is 11.0. The highest BCUT2D eigenvalue weighted by atomic mass is 32.2. The van der Waals surface area contributed by atoms with Gasteiger partial charge in [-0.05, 0) is 39.0 Å². The largest absolute Gasteiger partial charge is 0.388 e. The molecule has 2 fully saturated rings. The molecule has 2 heterocycles. The van der Waals surface area contributed by atoms with Crippen LogP contribution >= 0.6 is 11.8 Å². The van der Waals surface area contributed by atoms with Crippen molar-refractivity contribution >= 4 is 17.7 Å². The molecule has 8 nitrogen and oxygen atoms in total. The predicted octanol–water partition coefficient (Wildman–Crippen LogP) is -0.891. The number of carbonyl (C=O) groups is 1. The minimum atomic E-state index is -1.36. The predicted molar refractivity (Wildman–Crippen MR) is 105 cm³/mol. The third-order valence-corrected chi connectivity index (χ3v) is 6.56. The van der Waals surface area contributed by atoms with E-state index in [1.54, 1.807) is 13.2 Å². The number of likely N-dealkylation sites (tertiary alicyclic amines) is 1. The Morgan fingerprint density at radius 3 is 2.56 bits per heavy atom. The molecule has 0 radical (unpaired) electrons. The van der Waals surface area contributed by atoms with Crippen molar-refractivity contribution in [2.24, 2.45) is 11.7 Å². The number of nitrogens with one attached hydrogen (secondary N) is 1. The van der Waals surface area contributed by atoms with E-state index in [1.165, 1.54) is 11.8 Å². The normalized spacial score (nSPS) is 39.9. The van der Waals surface area contributed by atoms with Gasteiger partial charge in [0.2, 0.25) is 5.91 Å². The fourth-order valence-electron chi connectivity index (χ4n) is 4.17. The van der Waals surface area contributed by atoms with Gasteiger partial charge in [-0.3, -0.25) is 9.69 Å². The van der Waals surface area contributed by atoms with Crippen LogP contribution in [0.5, 0.6) is 0 Å².